The number of rotatable bonds is 4. The average Bonchev–Trinajstić information content (AvgIpc) is 3.10. The number of nitrogens with one attached hydrogen (secondary N) is 1. The van der Waals surface area contributed by atoms with Crippen LogP contribution in [0.5, 0.6) is 0 Å². The van der Waals surface area contributed by atoms with Gasteiger partial charge in [0.05, 0.1) is 5.56 Å². The molecular weight excluding hydrogens is 371 g/mol. The summed E-state index contributed by atoms with van der Waals surface area (Å²) in [5.74, 6) is 1.56. The number of hydrogen-bond donors (Lipinski definition) is 2. The van der Waals surface area contributed by atoms with E-state index in [1.165, 1.54) is 12.1 Å². The van der Waals surface area contributed by atoms with Gasteiger partial charge in [-0.3, -0.25) is 0 Å². The Hall–Kier alpha value is -2.81. The molecule has 3 aromatic rings. The number of hydrogen-bond acceptors (Lipinski definition) is 5. The van der Waals surface area contributed by atoms with Gasteiger partial charge in [-0.15, -0.1) is 5.10 Å². The second kappa shape index (κ2) is 7.31. The van der Waals surface area contributed by atoms with Gasteiger partial charge in [0.1, 0.15) is 5.82 Å². The van der Waals surface area contributed by atoms with Gasteiger partial charge in [-0.2, -0.15) is 22.7 Å². The van der Waals surface area contributed by atoms with Crippen LogP contribution >= 0.6 is 0 Å². The number of nitrogens with zero attached hydrogens (tertiary/aromatic N) is 4. The highest BCUT2D eigenvalue weighted by Crippen LogP contribution is 2.30. The number of anilines is 3. The van der Waals surface area contributed by atoms with Gasteiger partial charge >= 0.3 is 6.18 Å². The average molecular weight is 391 g/mol. The molecule has 3 heterocycles. The van der Waals surface area contributed by atoms with Crippen LogP contribution in [0.2, 0.25) is 0 Å². The molecule has 0 unspecified atom stereocenters. The van der Waals surface area contributed by atoms with Crippen molar-refractivity contribution in [2.24, 2.45) is 5.92 Å². The fourth-order valence-corrected chi connectivity index (χ4v) is 3.40. The van der Waals surface area contributed by atoms with Crippen molar-refractivity contribution in [2.45, 2.75) is 19.0 Å². The molecule has 0 bridgehead atoms. The third-order valence-corrected chi connectivity index (χ3v) is 5.00. The number of pyridine rings is 1. The van der Waals surface area contributed by atoms with Crippen LogP contribution in [-0.2, 0) is 6.18 Å². The van der Waals surface area contributed by atoms with E-state index >= 15 is 0 Å². The lowest BCUT2D eigenvalue weighted by molar-refractivity contribution is -0.137. The molecule has 1 saturated heterocycles. The van der Waals surface area contributed by atoms with E-state index in [2.05, 4.69) is 20.3 Å². The number of aromatic nitrogens is 3. The number of piperidine rings is 1. The third kappa shape index (κ3) is 3.75. The van der Waals surface area contributed by atoms with Crippen LogP contribution in [-0.4, -0.2) is 39.4 Å². The quantitative estimate of drug-likeness (QED) is 0.710. The van der Waals surface area contributed by atoms with Crippen LogP contribution in [0.4, 0.5) is 30.6 Å². The lowest BCUT2D eigenvalue weighted by Crippen LogP contribution is -2.35. The smallest absolute Gasteiger partial charge is 0.396 e. The first-order valence-electron chi connectivity index (χ1n) is 9.10. The topological polar surface area (TPSA) is 65.7 Å². The Labute approximate surface area is 159 Å². The molecule has 1 aliphatic heterocycles. The van der Waals surface area contributed by atoms with Crippen molar-refractivity contribution in [3.05, 3.63) is 48.0 Å². The number of alkyl halides is 3. The highest BCUT2D eigenvalue weighted by Gasteiger charge is 2.30. The maximum absolute atomic E-state index is 12.7. The molecule has 1 aromatic carbocycles. The lowest BCUT2D eigenvalue weighted by Gasteiger charge is -2.32. The molecule has 2 N–H and O–H groups in total. The van der Waals surface area contributed by atoms with Gasteiger partial charge in [-0.05, 0) is 55.2 Å². The van der Waals surface area contributed by atoms with Crippen molar-refractivity contribution in [3.63, 3.8) is 0 Å². The second-order valence-corrected chi connectivity index (χ2v) is 6.90. The van der Waals surface area contributed by atoms with Crippen molar-refractivity contribution in [2.75, 3.05) is 29.9 Å². The number of aliphatic hydroxyl groups is 1. The Bertz CT molecular complexity index is 946. The van der Waals surface area contributed by atoms with Crippen LogP contribution in [0.15, 0.2) is 42.5 Å². The molecule has 0 radical (unpaired) electrons. The van der Waals surface area contributed by atoms with E-state index in [1.54, 1.807) is 4.52 Å². The lowest BCUT2D eigenvalue weighted by atomic mass is 9.98. The van der Waals surface area contributed by atoms with Gasteiger partial charge in [0.15, 0.2) is 5.65 Å². The SMILES string of the molecule is OCC1CCN(c2cccc3nc(Nc4ccc(C(F)(F)F)cc4)nn23)CC1. The van der Waals surface area contributed by atoms with Gasteiger partial charge in [-0.25, -0.2) is 0 Å². The van der Waals surface area contributed by atoms with Crippen molar-refractivity contribution in [1.82, 2.24) is 14.6 Å². The fraction of sp³-hybridized carbons (Fsp3) is 0.368. The molecule has 4 rings (SSSR count). The maximum atomic E-state index is 12.7. The first-order valence-corrected chi connectivity index (χ1v) is 9.10. The van der Waals surface area contributed by atoms with E-state index in [1.807, 2.05) is 18.2 Å². The summed E-state index contributed by atoms with van der Waals surface area (Å²) in [5.41, 5.74) is 0.431. The minimum absolute atomic E-state index is 0.211. The molecule has 6 nitrogen and oxygen atoms in total. The molecule has 0 atom stereocenters. The molecule has 1 fully saturated rings. The second-order valence-electron chi connectivity index (χ2n) is 6.90. The van der Waals surface area contributed by atoms with E-state index in [0.29, 0.717) is 23.2 Å². The van der Waals surface area contributed by atoms with E-state index in [4.69, 9.17) is 0 Å². The summed E-state index contributed by atoms with van der Waals surface area (Å²) < 4.78 is 39.8. The molecule has 2 aromatic heterocycles. The van der Waals surface area contributed by atoms with Crippen LogP contribution in [0, 0.1) is 5.92 Å². The van der Waals surface area contributed by atoms with Gasteiger partial charge < -0.3 is 15.3 Å². The number of aliphatic hydroxyl groups excluding tert-OH is 1. The van der Waals surface area contributed by atoms with Gasteiger partial charge in [-0.1, -0.05) is 6.07 Å². The van der Waals surface area contributed by atoms with Gasteiger partial charge in [0, 0.05) is 25.4 Å². The predicted molar refractivity (Wildman–Crippen MR) is 99.7 cm³/mol. The predicted octanol–water partition coefficient (Wildman–Crippen LogP) is 3.70. The highest BCUT2D eigenvalue weighted by molar-refractivity contribution is 5.58. The summed E-state index contributed by atoms with van der Waals surface area (Å²) >= 11 is 0. The molecule has 0 amide bonds. The van der Waals surface area contributed by atoms with Gasteiger partial charge in [0.2, 0.25) is 5.95 Å². The first kappa shape index (κ1) is 18.5. The zero-order chi connectivity index (χ0) is 19.7. The van der Waals surface area contributed by atoms with Crippen LogP contribution in [0.3, 0.4) is 0 Å². The Morgan fingerprint density at radius 1 is 1.07 bits per heavy atom. The largest absolute Gasteiger partial charge is 0.416 e. The van der Waals surface area contributed by atoms with Crippen molar-refractivity contribution in [1.29, 1.82) is 0 Å². The molecular formula is C19H20F3N5O. The summed E-state index contributed by atoms with van der Waals surface area (Å²) in [5, 5.41) is 16.7. The van der Waals surface area contributed by atoms with Crippen molar-refractivity contribution >= 4 is 23.1 Å². The van der Waals surface area contributed by atoms with E-state index in [-0.39, 0.29) is 6.61 Å². The molecule has 1 aliphatic rings. The molecule has 148 valence electrons. The number of fused-ring (bicyclic) bond motifs is 1. The molecule has 28 heavy (non-hydrogen) atoms. The summed E-state index contributed by atoms with van der Waals surface area (Å²) in [6, 6.07) is 10.4. The third-order valence-electron chi connectivity index (χ3n) is 5.00. The maximum Gasteiger partial charge on any atom is 0.416 e. The normalized spacial score (nSPS) is 15.9. The Balaban J connectivity index is 1.55. The van der Waals surface area contributed by atoms with Crippen LogP contribution in [0.1, 0.15) is 18.4 Å². The number of halogens is 3. The monoisotopic (exact) mass is 391 g/mol. The van der Waals surface area contributed by atoms with Crippen LogP contribution < -0.4 is 10.2 Å². The zero-order valence-corrected chi connectivity index (χ0v) is 15.0. The summed E-state index contributed by atoms with van der Waals surface area (Å²) in [4.78, 5) is 6.62. The minimum atomic E-state index is -4.36. The fourth-order valence-electron chi connectivity index (χ4n) is 3.40. The minimum Gasteiger partial charge on any atom is -0.396 e. The van der Waals surface area contributed by atoms with E-state index in [0.717, 1.165) is 43.9 Å². The van der Waals surface area contributed by atoms with E-state index in [9.17, 15) is 18.3 Å². The van der Waals surface area contributed by atoms with Crippen LogP contribution in [0.25, 0.3) is 5.65 Å². The molecule has 9 heteroatoms. The Morgan fingerprint density at radius 2 is 1.79 bits per heavy atom. The molecule has 0 spiro atoms. The summed E-state index contributed by atoms with van der Waals surface area (Å²) in [6.07, 6.45) is -2.53. The van der Waals surface area contributed by atoms with Crippen molar-refractivity contribution in [3.8, 4) is 0 Å². The van der Waals surface area contributed by atoms with Gasteiger partial charge in [0.25, 0.3) is 0 Å². The molecule has 0 aliphatic carbocycles. The van der Waals surface area contributed by atoms with E-state index < -0.39 is 11.7 Å². The summed E-state index contributed by atoms with van der Waals surface area (Å²) in [7, 11) is 0. The van der Waals surface area contributed by atoms with Crippen molar-refractivity contribution < 1.29 is 18.3 Å². The highest BCUT2D eigenvalue weighted by atomic mass is 19.4. The Kier molecular flexibility index (Phi) is 4.84. The Morgan fingerprint density at radius 3 is 2.43 bits per heavy atom. The number of benzene rings is 1. The standard InChI is InChI=1S/C19H20F3N5O/c20-19(21,22)14-4-6-15(7-5-14)23-18-24-16-2-1-3-17(27(16)25-18)26-10-8-13(12-28)9-11-26/h1-7,13,28H,8-12H2,(H,23,25). The molecule has 0 saturated carbocycles. The summed E-state index contributed by atoms with van der Waals surface area (Å²) in [6.45, 7) is 1.86. The zero-order valence-electron chi connectivity index (χ0n) is 15.0. The first-order chi connectivity index (χ1) is 13.4.